The molecule has 0 unspecified atom stereocenters. The molecule has 0 saturated heterocycles. The first-order valence-electron chi connectivity index (χ1n) is 8.42. The van der Waals surface area contributed by atoms with Crippen molar-refractivity contribution in [3.8, 4) is 10.7 Å². The average Bonchev–Trinajstić information content (AvgIpc) is 3.07. The number of anilines is 1. The minimum absolute atomic E-state index is 0.256. The van der Waals surface area contributed by atoms with Gasteiger partial charge in [-0.3, -0.25) is 9.20 Å². The van der Waals surface area contributed by atoms with Gasteiger partial charge in [0.15, 0.2) is 0 Å². The van der Waals surface area contributed by atoms with Crippen LogP contribution in [0.3, 0.4) is 0 Å². The zero-order valence-corrected chi connectivity index (χ0v) is 15.0. The number of hydrogen-bond acceptors (Lipinski definition) is 6. The Kier molecular flexibility index (Phi) is 3.57. The van der Waals surface area contributed by atoms with Crippen LogP contribution < -0.4 is 5.32 Å². The van der Waals surface area contributed by atoms with Gasteiger partial charge in [0, 0.05) is 11.1 Å². The standard InChI is InChI=1S/C18H14FN5O2S/c1-9-12(21-17(25)13-8-20-15-4-2-3-5-24(13)15)7-14(27-9)16-22-18(26-23-16)10-6-11(10)19/h2-5,7-8,10-11H,6H2,1H3,(H,21,25)/t10-,11-/m0/s1. The molecule has 9 heteroatoms. The van der Waals surface area contributed by atoms with E-state index in [9.17, 15) is 9.18 Å². The monoisotopic (exact) mass is 383 g/mol. The SMILES string of the molecule is Cc1sc(-c2noc([C@H]3C[C@@H]3F)n2)cc1NC(=O)c1cnc2ccccn12. The number of aryl methyl sites for hydroxylation is 1. The van der Waals surface area contributed by atoms with Crippen LogP contribution in [0.4, 0.5) is 10.1 Å². The molecule has 7 nitrogen and oxygen atoms in total. The van der Waals surface area contributed by atoms with Crippen molar-refractivity contribution < 1.29 is 13.7 Å². The molecule has 4 aromatic rings. The molecule has 1 N–H and O–H groups in total. The lowest BCUT2D eigenvalue weighted by atomic mass is 10.3. The molecule has 136 valence electrons. The van der Waals surface area contributed by atoms with E-state index in [2.05, 4.69) is 20.4 Å². The zero-order chi connectivity index (χ0) is 18.5. The van der Waals surface area contributed by atoms with Crippen molar-refractivity contribution in [3.05, 3.63) is 53.1 Å². The van der Waals surface area contributed by atoms with Crippen LogP contribution in [0.15, 0.2) is 41.2 Å². The summed E-state index contributed by atoms with van der Waals surface area (Å²) >= 11 is 1.44. The average molecular weight is 383 g/mol. The van der Waals surface area contributed by atoms with Crippen LogP contribution in [0.5, 0.6) is 0 Å². The van der Waals surface area contributed by atoms with Gasteiger partial charge in [-0.15, -0.1) is 11.3 Å². The summed E-state index contributed by atoms with van der Waals surface area (Å²) in [6.45, 7) is 1.90. The van der Waals surface area contributed by atoms with E-state index in [-0.39, 0.29) is 11.8 Å². The fourth-order valence-corrected chi connectivity index (χ4v) is 3.81. The van der Waals surface area contributed by atoms with Gasteiger partial charge in [-0.1, -0.05) is 11.2 Å². The molecule has 1 fully saturated rings. The van der Waals surface area contributed by atoms with Crippen LogP contribution in [-0.4, -0.2) is 31.6 Å². The number of rotatable bonds is 4. The number of carbonyl (C=O) groups is 1. The van der Waals surface area contributed by atoms with Gasteiger partial charge in [0.05, 0.1) is 22.7 Å². The number of nitrogens with zero attached hydrogens (tertiary/aromatic N) is 4. The van der Waals surface area contributed by atoms with E-state index >= 15 is 0 Å². The summed E-state index contributed by atoms with van der Waals surface area (Å²) in [4.78, 5) is 22.8. The van der Waals surface area contributed by atoms with Gasteiger partial charge < -0.3 is 9.84 Å². The molecule has 5 rings (SSSR count). The van der Waals surface area contributed by atoms with Gasteiger partial charge >= 0.3 is 0 Å². The fourth-order valence-electron chi connectivity index (χ4n) is 2.91. The first-order valence-corrected chi connectivity index (χ1v) is 9.24. The molecule has 0 aliphatic heterocycles. The van der Waals surface area contributed by atoms with Crippen LogP contribution in [0, 0.1) is 6.92 Å². The number of thiophene rings is 1. The fraction of sp³-hybridized carbons (Fsp3) is 0.222. The largest absolute Gasteiger partial charge is 0.339 e. The van der Waals surface area contributed by atoms with Crippen molar-refractivity contribution >= 4 is 28.6 Å². The summed E-state index contributed by atoms with van der Waals surface area (Å²) < 4.78 is 20.0. The van der Waals surface area contributed by atoms with Crippen molar-refractivity contribution in [1.82, 2.24) is 19.5 Å². The highest BCUT2D eigenvalue weighted by molar-refractivity contribution is 7.16. The second-order valence-electron chi connectivity index (χ2n) is 6.42. The van der Waals surface area contributed by atoms with E-state index in [0.29, 0.717) is 35.2 Å². The summed E-state index contributed by atoms with van der Waals surface area (Å²) in [5.74, 6) is 0.210. The maximum atomic E-state index is 13.2. The van der Waals surface area contributed by atoms with Gasteiger partial charge in [0.2, 0.25) is 11.7 Å². The normalized spacial score (nSPS) is 18.7. The Labute approximate surface area is 156 Å². The van der Waals surface area contributed by atoms with Crippen LogP contribution in [0.1, 0.15) is 33.6 Å². The summed E-state index contributed by atoms with van der Waals surface area (Å²) in [6, 6.07) is 7.34. The molecule has 2 atom stereocenters. The maximum Gasteiger partial charge on any atom is 0.274 e. The van der Waals surface area contributed by atoms with Crippen molar-refractivity contribution in [3.63, 3.8) is 0 Å². The third-order valence-corrected chi connectivity index (χ3v) is 5.55. The highest BCUT2D eigenvalue weighted by atomic mass is 32.1. The number of nitrogens with one attached hydrogen (secondary N) is 1. The van der Waals surface area contributed by atoms with E-state index in [4.69, 9.17) is 4.52 Å². The van der Waals surface area contributed by atoms with E-state index in [1.54, 1.807) is 22.9 Å². The third kappa shape index (κ3) is 2.80. The summed E-state index contributed by atoms with van der Waals surface area (Å²) in [5.41, 5.74) is 1.82. The molecular weight excluding hydrogens is 369 g/mol. The van der Waals surface area contributed by atoms with Crippen LogP contribution in [-0.2, 0) is 0 Å². The predicted octanol–water partition coefficient (Wildman–Crippen LogP) is 3.83. The van der Waals surface area contributed by atoms with Crippen LogP contribution >= 0.6 is 11.3 Å². The number of pyridine rings is 1. The van der Waals surface area contributed by atoms with Crippen molar-refractivity contribution in [2.24, 2.45) is 0 Å². The number of hydrogen-bond donors (Lipinski definition) is 1. The second kappa shape index (κ2) is 5.98. The van der Waals surface area contributed by atoms with E-state index in [1.165, 1.54) is 11.3 Å². The topological polar surface area (TPSA) is 85.3 Å². The molecule has 0 spiro atoms. The number of alkyl halides is 1. The number of amides is 1. The Bertz CT molecular complexity index is 1160. The van der Waals surface area contributed by atoms with Crippen LogP contribution in [0.25, 0.3) is 16.3 Å². The molecular formula is C18H14FN5O2S. The molecule has 1 aliphatic carbocycles. The molecule has 0 bridgehead atoms. The van der Waals surface area contributed by atoms with E-state index < -0.39 is 6.17 Å². The minimum Gasteiger partial charge on any atom is -0.339 e. The molecule has 4 heterocycles. The summed E-state index contributed by atoms with van der Waals surface area (Å²) in [6.07, 6.45) is 2.89. The molecule has 4 aromatic heterocycles. The first kappa shape index (κ1) is 16.1. The number of aromatic nitrogens is 4. The molecule has 1 amide bonds. The zero-order valence-electron chi connectivity index (χ0n) is 14.2. The van der Waals surface area contributed by atoms with Crippen molar-refractivity contribution in [2.45, 2.75) is 25.4 Å². The number of imidazole rings is 1. The lowest BCUT2D eigenvalue weighted by Crippen LogP contribution is -2.14. The Morgan fingerprint density at radius 2 is 2.30 bits per heavy atom. The lowest BCUT2D eigenvalue weighted by molar-refractivity contribution is 0.102. The highest BCUT2D eigenvalue weighted by Gasteiger charge is 2.43. The number of halogens is 1. The molecule has 1 aliphatic rings. The Morgan fingerprint density at radius 3 is 3.11 bits per heavy atom. The van der Waals surface area contributed by atoms with Gasteiger partial charge in [-0.2, -0.15) is 4.98 Å². The maximum absolute atomic E-state index is 13.2. The minimum atomic E-state index is -0.885. The Morgan fingerprint density at radius 1 is 1.44 bits per heavy atom. The van der Waals surface area contributed by atoms with E-state index in [1.807, 2.05) is 25.1 Å². The highest BCUT2D eigenvalue weighted by Crippen LogP contribution is 2.43. The quantitative estimate of drug-likeness (QED) is 0.579. The molecule has 0 aromatic carbocycles. The molecule has 27 heavy (non-hydrogen) atoms. The predicted molar refractivity (Wildman–Crippen MR) is 97.7 cm³/mol. The van der Waals surface area contributed by atoms with Crippen molar-refractivity contribution in [2.75, 3.05) is 5.32 Å². The summed E-state index contributed by atoms with van der Waals surface area (Å²) in [5, 5.41) is 6.85. The Balaban J connectivity index is 1.40. The van der Waals surface area contributed by atoms with Gasteiger partial charge in [-0.25, -0.2) is 9.37 Å². The Hall–Kier alpha value is -3.07. The molecule has 1 saturated carbocycles. The number of carbonyl (C=O) groups excluding carboxylic acids is 1. The number of fused-ring (bicyclic) bond motifs is 1. The van der Waals surface area contributed by atoms with Gasteiger partial charge in [0.25, 0.3) is 5.91 Å². The second-order valence-corrected chi connectivity index (χ2v) is 7.68. The smallest absolute Gasteiger partial charge is 0.274 e. The van der Waals surface area contributed by atoms with E-state index in [0.717, 1.165) is 9.75 Å². The third-order valence-electron chi connectivity index (χ3n) is 4.51. The van der Waals surface area contributed by atoms with Gasteiger partial charge in [-0.05, 0) is 31.5 Å². The van der Waals surface area contributed by atoms with Gasteiger partial charge in [0.1, 0.15) is 17.5 Å². The van der Waals surface area contributed by atoms with Crippen molar-refractivity contribution in [1.29, 1.82) is 0 Å². The van der Waals surface area contributed by atoms with Crippen LogP contribution in [0.2, 0.25) is 0 Å². The molecule has 0 radical (unpaired) electrons. The first-order chi connectivity index (χ1) is 13.1. The lowest BCUT2D eigenvalue weighted by Gasteiger charge is -2.04. The summed E-state index contributed by atoms with van der Waals surface area (Å²) in [7, 11) is 0.